The highest BCUT2D eigenvalue weighted by molar-refractivity contribution is 8.76. The number of unbranched alkanes of at least 4 members (excludes halogenated alkanes) is 2. The maximum Gasteiger partial charge on any atom is 0.312 e. The van der Waals surface area contributed by atoms with Crippen molar-refractivity contribution in [3.05, 3.63) is 94.5 Å². The SMILES string of the molecule is CNCCCCC[C@@H]1NC(=O)[C@@H](CCCNC(N)=O)NC(=O)[C@H](Cc2ccc(O)cc2)NC(=O)[C@H](NC(=O)[C@@H](N)Cc2ccc(Cl)cc2)CSSC[C@@H](C(=O)N[C@H](Cc2ccc(O)cc2)C(N)=O)NC(=O)[C@H]([C@@H](C)O)NC1=O. The number of hydrogen-bond acceptors (Lipinski definition) is 16. The van der Waals surface area contributed by atoms with Gasteiger partial charge in [-0.25, -0.2) is 4.79 Å². The maximum absolute atomic E-state index is 14.6. The van der Waals surface area contributed by atoms with Crippen molar-refractivity contribution < 1.29 is 58.5 Å². The third-order valence-corrected chi connectivity index (χ3v) is 15.0. The van der Waals surface area contributed by atoms with Gasteiger partial charge in [0, 0.05) is 35.9 Å². The van der Waals surface area contributed by atoms with E-state index in [2.05, 4.69) is 47.9 Å². The van der Waals surface area contributed by atoms with Crippen molar-refractivity contribution in [2.24, 2.45) is 17.2 Å². The second-order valence-corrected chi connectivity index (χ2v) is 21.6. The Morgan fingerprint density at radius 1 is 0.667 bits per heavy atom. The Bertz CT molecular complexity index is 2500. The number of nitrogens with two attached hydrogens (primary N) is 3. The zero-order valence-corrected chi connectivity index (χ0v) is 45.6. The van der Waals surface area contributed by atoms with Crippen molar-refractivity contribution in [1.82, 2.24) is 47.9 Å². The molecule has 0 spiro atoms. The summed E-state index contributed by atoms with van der Waals surface area (Å²) in [5.74, 6) is -7.88. The number of urea groups is 1. The summed E-state index contributed by atoms with van der Waals surface area (Å²) in [5, 5.41) is 55.1. The highest BCUT2D eigenvalue weighted by Gasteiger charge is 2.36. The van der Waals surface area contributed by atoms with Gasteiger partial charge < -0.3 is 80.4 Å². The minimum Gasteiger partial charge on any atom is -0.508 e. The molecule has 0 unspecified atom stereocenters. The second kappa shape index (κ2) is 32.8. The molecular formula is C51H71ClN12O12S2. The Hall–Kier alpha value is -6.84. The summed E-state index contributed by atoms with van der Waals surface area (Å²) in [4.78, 5) is 124. The molecule has 24 nitrogen and oxygen atoms in total. The van der Waals surface area contributed by atoms with Crippen molar-refractivity contribution in [3.63, 3.8) is 0 Å². The predicted octanol–water partition coefficient (Wildman–Crippen LogP) is -1.01. The molecule has 0 bridgehead atoms. The number of carbonyl (C=O) groups is 9. The number of benzene rings is 3. The molecule has 426 valence electrons. The van der Waals surface area contributed by atoms with Gasteiger partial charge in [0.1, 0.15) is 53.8 Å². The number of hydrogen-bond donors (Lipinski definition) is 15. The smallest absolute Gasteiger partial charge is 0.312 e. The van der Waals surface area contributed by atoms with Crippen molar-refractivity contribution >= 4 is 86.5 Å². The number of phenols is 2. The molecule has 9 atom stereocenters. The molecule has 18 N–H and O–H groups in total. The minimum atomic E-state index is -1.74. The monoisotopic (exact) mass is 1140 g/mol. The Morgan fingerprint density at radius 2 is 1.21 bits per heavy atom. The van der Waals surface area contributed by atoms with Gasteiger partial charge in [-0.05, 0) is 106 Å². The van der Waals surface area contributed by atoms with Crippen molar-refractivity contribution in [2.45, 2.75) is 119 Å². The highest BCUT2D eigenvalue weighted by Crippen LogP contribution is 2.24. The average molecular weight is 1140 g/mol. The van der Waals surface area contributed by atoms with E-state index in [1.165, 1.54) is 55.5 Å². The van der Waals surface area contributed by atoms with E-state index in [9.17, 15) is 58.5 Å². The quantitative estimate of drug-likeness (QED) is 0.0423. The summed E-state index contributed by atoms with van der Waals surface area (Å²) in [7, 11) is 3.69. The fourth-order valence-electron chi connectivity index (χ4n) is 7.90. The number of primary amides is 2. The Balaban J connectivity index is 1.80. The number of nitrogens with one attached hydrogen (secondary N) is 9. The average Bonchev–Trinajstić information content (AvgIpc) is 3.40. The van der Waals surface area contributed by atoms with E-state index in [1.54, 1.807) is 31.3 Å². The summed E-state index contributed by atoms with van der Waals surface area (Å²) in [6.07, 6.45) is -0.253. The van der Waals surface area contributed by atoms with Crippen LogP contribution in [-0.2, 0) is 57.6 Å². The third-order valence-electron chi connectivity index (χ3n) is 12.3. The van der Waals surface area contributed by atoms with Crippen LogP contribution in [0.4, 0.5) is 4.79 Å². The van der Waals surface area contributed by atoms with Crippen LogP contribution in [0.3, 0.4) is 0 Å². The van der Waals surface area contributed by atoms with Gasteiger partial charge in [-0.2, -0.15) is 0 Å². The Labute approximate surface area is 464 Å². The number of halogens is 1. The molecule has 1 heterocycles. The van der Waals surface area contributed by atoms with Gasteiger partial charge in [-0.1, -0.05) is 82.4 Å². The zero-order chi connectivity index (χ0) is 57.3. The maximum atomic E-state index is 14.6. The summed E-state index contributed by atoms with van der Waals surface area (Å²) >= 11 is 6.06. The number of amides is 10. The van der Waals surface area contributed by atoms with E-state index in [0.29, 0.717) is 47.5 Å². The number of aliphatic hydroxyl groups is 1. The van der Waals surface area contributed by atoms with Crippen molar-refractivity contribution in [3.8, 4) is 11.5 Å². The first-order valence-corrected chi connectivity index (χ1v) is 28.1. The fourth-order valence-corrected chi connectivity index (χ4v) is 10.4. The Morgan fingerprint density at radius 3 is 1.79 bits per heavy atom. The van der Waals surface area contributed by atoms with Gasteiger partial charge in [-0.15, -0.1) is 0 Å². The molecule has 1 fully saturated rings. The molecular weight excluding hydrogens is 1070 g/mol. The van der Waals surface area contributed by atoms with Crippen LogP contribution < -0.4 is 65.1 Å². The van der Waals surface area contributed by atoms with Crippen LogP contribution in [0.15, 0.2) is 72.8 Å². The van der Waals surface area contributed by atoms with E-state index in [4.69, 9.17) is 28.8 Å². The lowest BCUT2D eigenvalue weighted by molar-refractivity contribution is -0.136. The highest BCUT2D eigenvalue weighted by atomic mass is 35.5. The van der Waals surface area contributed by atoms with Crippen LogP contribution in [0.2, 0.25) is 5.02 Å². The van der Waals surface area contributed by atoms with Gasteiger partial charge in [0.2, 0.25) is 47.3 Å². The van der Waals surface area contributed by atoms with E-state index in [-0.39, 0.29) is 68.1 Å². The molecule has 1 saturated heterocycles. The molecule has 0 aromatic heterocycles. The summed E-state index contributed by atoms with van der Waals surface area (Å²) in [5.41, 5.74) is 19.0. The first-order valence-electron chi connectivity index (χ1n) is 25.2. The standard InChI is InChI=1S/C51H71ClN12O12S2/c1-28(65)42-50(75)63-41(48(73)60-38(43(54)68)24-30-11-17-33(66)18-12-30)27-78-77-26-40(62-44(69)35(53)23-29-9-15-32(52)16-10-29)49(74)61-39(25-31-13-19-34(67)20-14-31)47(72)59-37(8-6-22-57-51(55)76)45(70)58-36(46(71)64-42)7-4-3-5-21-56-2/h9-20,28,35-42,56,65-67H,3-8,21-27,53H2,1-2H3,(H2,54,68)(H,58,70)(H,59,72)(H,60,73)(H,61,74)(H,62,69)(H,63,75)(H,64,71)(H3,55,57,76)/t28-,35+,36+,37-,38-,39+,40-,41+,42+/m1/s1. The molecule has 27 heteroatoms. The molecule has 3 aromatic rings. The molecule has 3 aromatic carbocycles. The van der Waals surface area contributed by atoms with Crippen molar-refractivity contribution in [2.75, 3.05) is 31.6 Å². The topological polar surface area (TPSA) is 401 Å². The summed E-state index contributed by atoms with van der Waals surface area (Å²) in [6.45, 7) is 1.84. The van der Waals surface area contributed by atoms with Crippen LogP contribution in [0.5, 0.6) is 11.5 Å². The first-order chi connectivity index (χ1) is 37.1. The molecule has 1 aliphatic rings. The van der Waals surface area contributed by atoms with E-state index in [1.807, 2.05) is 0 Å². The van der Waals surface area contributed by atoms with E-state index in [0.717, 1.165) is 21.6 Å². The summed E-state index contributed by atoms with van der Waals surface area (Å²) < 4.78 is 0. The van der Waals surface area contributed by atoms with Gasteiger partial charge in [0.15, 0.2) is 0 Å². The number of phenolic OH excluding ortho intramolecular Hbond substituents is 2. The lowest BCUT2D eigenvalue weighted by atomic mass is 10.0. The van der Waals surface area contributed by atoms with Gasteiger partial charge in [-0.3, -0.25) is 38.4 Å². The van der Waals surface area contributed by atoms with Gasteiger partial charge in [0.25, 0.3) is 0 Å². The van der Waals surface area contributed by atoms with Gasteiger partial charge >= 0.3 is 6.03 Å². The normalized spacial score (nSPS) is 21.2. The molecule has 0 saturated carbocycles. The molecule has 78 heavy (non-hydrogen) atoms. The lowest BCUT2D eigenvalue weighted by Crippen LogP contribution is -2.62. The molecule has 4 rings (SSSR count). The first kappa shape index (κ1) is 63.7. The predicted molar refractivity (Wildman–Crippen MR) is 295 cm³/mol. The van der Waals surface area contributed by atoms with Crippen LogP contribution in [-0.4, -0.2) is 155 Å². The number of aromatic hydroxyl groups is 2. The van der Waals surface area contributed by atoms with Crippen LogP contribution in [0.25, 0.3) is 0 Å². The zero-order valence-electron chi connectivity index (χ0n) is 43.3. The van der Waals surface area contributed by atoms with E-state index >= 15 is 0 Å². The van der Waals surface area contributed by atoms with Crippen LogP contribution >= 0.6 is 33.2 Å². The Kier molecular flexibility index (Phi) is 26.8. The number of rotatable bonds is 22. The number of carbonyl (C=O) groups excluding carboxylic acids is 9. The van der Waals surface area contributed by atoms with Crippen LogP contribution in [0, 0.1) is 0 Å². The second-order valence-electron chi connectivity index (χ2n) is 18.6. The molecule has 0 radical (unpaired) electrons. The van der Waals surface area contributed by atoms with Crippen LogP contribution in [0.1, 0.15) is 62.1 Å². The number of aliphatic hydroxyl groups excluding tert-OH is 1. The minimum absolute atomic E-state index is 0.0176. The third kappa shape index (κ3) is 22.3. The lowest BCUT2D eigenvalue weighted by Gasteiger charge is -2.29. The van der Waals surface area contributed by atoms with E-state index < -0.39 is 108 Å². The molecule has 1 aliphatic heterocycles. The fraction of sp³-hybridized carbons (Fsp3) is 0.471. The largest absolute Gasteiger partial charge is 0.508 e. The van der Waals surface area contributed by atoms with Gasteiger partial charge in [0.05, 0.1) is 12.1 Å². The molecule has 0 aliphatic carbocycles. The van der Waals surface area contributed by atoms with Crippen molar-refractivity contribution in [1.29, 1.82) is 0 Å². The summed E-state index contributed by atoms with van der Waals surface area (Å²) in [6, 6.07) is 5.79. The molecule has 10 amide bonds.